The van der Waals surface area contributed by atoms with Crippen LogP contribution in [0.15, 0.2) is 59.8 Å². The van der Waals surface area contributed by atoms with Crippen LogP contribution in [0.1, 0.15) is 11.1 Å². The first-order valence-electron chi connectivity index (χ1n) is 10.2. The summed E-state index contributed by atoms with van der Waals surface area (Å²) in [5, 5.41) is 11.2. The fourth-order valence-electron chi connectivity index (χ4n) is 4.79. The summed E-state index contributed by atoms with van der Waals surface area (Å²) in [5.41, 5.74) is -4.85. The number of nitro benzene ring substituents is 1. The number of carbonyl (C=O) groups is 2. The Morgan fingerprint density at radius 1 is 1.20 bits per heavy atom. The number of ether oxygens (including phenoxy) is 2. The molecule has 0 radical (unpaired) electrons. The maximum absolute atomic E-state index is 14.8. The highest BCUT2D eigenvalue weighted by molar-refractivity contribution is 6.15. The number of alkyl halides is 3. The first-order chi connectivity index (χ1) is 16.5. The highest BCUT2D eigenvalue weighted by Gasteiger charge is 2.65. The molecule has 1 spiro atoms. The van der Waals surface area contributed by atoms with Gasteiger partial charge in [-0.25, -0.2) is 4.79 Å². The Balaban J connectivity index is 1.87. The minimum Gasteiger partial charge on any atom is -0.466 e. The molecule has 0 unspecified atom stereocenters. The molecule has 9 nitrogen and oxygen atoms in total. The lowest BCUT2D eigenvalue weighted by molar-refractivity contribution is -0.384. The lowest BCUT2D eigenvalue weighted by Crippen LogP contribution is -2.58. The number of benzene rings is 2. The van der Waals surface area contributed by atoms with E-state index in [0.29, 0.717) is 4.90 Å². The number of allylic oxidation sites excluding steroid dienone is 1. The summed E-state index contributed by atoms with van der Waals surface area (Å²) in [6, 6.07) is 9.39. The Labute approximate surface area is 195 Å². The van der Waals surface area contributed by atoms with Crippen LogP contribution in [0.3, 0.4) is 0 Å². The van der Waals surface area contributed by atoms with Crippen molar-refractivity contribution in [1.82, 2.24) is 0 Å². The van der Waals surface area contributed by atoms with Gasteiger partial charge in [0, 0.05) is 30.3 Å². The van der Waals surface area contributed by atoms with Gasteiger partial charge in [-0.2, -0.15) is 13.2 Å². The molecule has 0 saturated carbocycles. The maximum Gasteiger partial charge on any atom is 0.432 e. The van der Waals surface area contributed by atoms with Crippen LogP contribution < -0.4 is 9.80 Å². The first kappa shape index (κ1) is 22.6. The third-order valence-electron chi connectivity index (χ3n) is 6.21. The van der Waals surface area contributed by atoms with E-state index in [9.17, 15) is 32.9 Å². The summed E-state index contributed by atoms with van der Waals surface area (Å²) >= 11 is 0. The van der Waals surface area contributed by atoms with E-state index < -0.39 is 46.1 Å². The van der Waals surface area contributed by atoms with Crippen molar-refractivity contribution in [2.24, 2.45) is 0 Å². The monoisotopic (exact) mass is 487 g/mol. The number of rotatable bonds is 2. The number of methoxy groups -OCH3 is 1. The van der Waals surface area contributed by atoms with Crippen LogP contribution in [0.4, 0.5) is 30.2 Å². The van der Waals surface area contributed by atoms with E-state index >= 15 is 0 Å². The molecule has 2 aromatic rings. The molecule has 0 bridgehead atoms. The Morgan fingerprint density at radius 2 is 1.91 bits per heavy atom. The standard InChI is InChI=1S/C23H16F3N3O6/c1-27-16-6-4-3-5-14(16)22(21(27)31)18(20(30)34-2)19(23(24,25)26)28-15-9-8-13(29(32)33)11-12(15)7-10-17(28)35-22/h3-11,17H,1-2H3/t17-,22-/m1/s1. The van der Waals surface area contributed by atoms with Crippen LogP contribution in [0.25, 0.3) is 6.08 Å². The highest BCUT2D eigenvalue weighted by Crippen LogP contribution is 2.55. The molecule has 2 aromatic carbocycles. The maximum atomic E-state index is 14.8. The quantitative estimate of drug-likeness (QED) is 0.362. The van der Waals surface area contributed by atoms with Crippen molar-refractivity contribution in [3.05, 3.63) is 81.1 Å². The molecule has 180 valence electrons. The van der Waals surface area contributed by atoms with Gasteiger partial charge in [-0.1, -0.05) is 24.3 Å². The second-order valence-corrected chi connectivity index (χ2v) is 8.01. The summed E-state index contributed by atoms with van der Waals surface area (Å²) in [5.74, 6) is -2.28. The molecule has 2 atom stereocenters. The lowest BCUT2D eigenvalue weighted by atomic mass is 9.82. The van der Waals surface area contributed by atoms with Crippen LogP contribution in [-0.4, -0.2) is 43.4 Å². The molecule has 1 amide bonds. The van der Waals surface area contributed by atoms with Gasteiger partial charge < -0.3 is 19.3 Å². The molecule has 12 heteroatoms. The van der Waals surface area contributed by atoms with E-state index in [1.54, 1.807) is 6.07 Å². The number of nitrogens with zero attached hydrogens (tertiary/aromatic N) is 3. The van der Waals surface area contributed by atoms with Crippen molar-refractivity contribution in [3.63, 3.8) is 0 Å². The predicted octanol–water partition coefficient (Wildman–Crippen LogP) is 3.65. The predicted molar refractivity (Wildman–Crippen MR) is 116 cm³/mol. The zero-order chi connectivity index (χ0) is 25.3. The van der Waals surface area contributed by atoms with E-state index in [1.807, 2.05) is 0 Å². The number of esters is 1. The van der Waals surface area contributed by atoms with E-state index in [1.165, 1.54) is 37.4 Å². The largest absolute Gasteiger partial charge is 0.466 e. The van der Waals surface area contributed by atoms with Crippen LogP contribution in [0, 0.1) is 10.1 Å². The normalized spacial score (nSPS) is 22.8. The van der Waals surface area contributed by atoms with Crippen molar-refractivity contribution >= 4 is 35.0 Å². The summed E-state index contributed by atoms with van der Waals surface area (Å²) in [6.07, 6.45) is -3.97. The van der Waals surface area contributed by atoms with Gasteiger partial charge in [0.05, 0.1) is 23.4 Å². The average Bonchev–Trinajstić information content (AvgIpc) is 3.04. The van der Waals surface area contributed by atoms with Crippen molar-refractivity contribution in [2.75, 3.05) is 24.0 Å². The fraction of sp³-hybridized carbons (Fsp3) is 0.217. The Kier molecular flexibility index (Phi) is 4.78. The number of hydrogen-bond donors (Lipinski definition) is 0. The highest BCUT2D eigenvalue weighted by atomic mass is 19.4. The molecular formula is C23H16F3N3O6. The van der Waals surface area contributed by atoms with Gasteiger partial charge in [0.2, 0.25) is 5.60 Å². The molecule has 0 fully saturated rings. The molecule has 5 rings (SSSR count). The number of nitro groups is 1. The summed E-state index contributed by atoms with van der Waals surface area (Å²) < 4.78 is 55.2. The molecular weight excluding hydrogens is 471 g/mol. The topological polar surface area (TPSA) is 102 Å². The number of non-ortho nitro benzene ring substituents is 1. The number of carbonyl (C=O) groups excluding carboxylic acids is 2. The number of para-hydroxylation sites is 1. The minimum absolute atomic E-state index is 0.0668. The van der Waals surface area contributed by atoms with Gasteiger partial charge in [0.15, 0.2) is 6.23 Å². The number of likely N-dealkylation sites (N-methyl/N-ethyl adjacent to an activating group) is 1. The third kappa shape index (κ3) is 2.99. The number of anilines is 2. The zero-order valence-corrected chi connectivity index (χ0v) is 18.2. The summed E-state index contributed by atoms with van der Waals surface area (Å²) in [4.78, 5) is 38.9. The van der Waals surface area contributed by atoms with Gasteiger partial charge in [-0.15, -0.1) is 0 Å². The number of amides is 1. The van der Waals surface area contributed by atoms with E-state index in [0.717, 1.165) is 30.2 Å². The molecule has 3 aliphatic heterocycles. The van der Waals surface area contributed by atoms with E-state index in [4.69, 9.17) is 9.47 Å². The molecule has 35 heavy (non-hydrogen) atoms. The Hall–Kier alpha value is -4.19. The summed E-state index contributed by atoms with van der Waals surface area (Å²) in [6.45, 7) is 0. The van der Waals surface area contributed by atoms with E-state index in [2.05, 4.69) is 0 Å². The molecule has 3 aliphatic rings. The Bertz CT molecular complexity index is 1370. The Morgan fingerprint density at radius 3 is 2.57 bits per heavy atom. The lowest BCUT2D eigenvalue weighted by Gasteiger charge is -2.47. The zero-order valence-electron chi connectivity index (χ0n) is 18.2. The molecule has 0 aromatic heterocycles. The van der Waals surface area contributed by atoms with Crippen molar-refractivity contribution in [1.29, 1.82) is 0 Å². The van der Waals surface area contributed by atoms with Crippen LogP contribution in [0.2, 0.25) is 0 Å². The van der Waals surface area contributed by atoms with Crippen LogP contribution >= 0.6 is 0 Å². The second kappa shape index (κ2) is 7.40. The molecule has 0 saturated heterocycles. The SMILES string of the molecule is COC(=O)C1=C(C(F)(F)F)N2c3ccc([N+](=O)[O-])cc3C=C[C@H]2O[C@@]12C(=O)N(C)c1ccccc12. The van der Waals surface area contributed by atoms with Crippen molar-refractivity contribution in [3.8, 4) is 0 Å². The number of halogens is 3. The number of hydrogen-bond acceptors (Lipinski definition) is 7. The molecule has 0 aliphatic carbocycles. The van der Waals surface area contributed by atoms with Gasteiger partial charge in [-0.05, 0) is 18.2 Å². The van der Waals surface area contributed by atoms with Crippen molar-refractivity contribution < 1.29 is 37.2 Å². The third-order valence-corrected chi connectivity index (χ3v) is 6.21. The van der Waals surface area contributed by atoms with Crippen LogP contribution in [0.5, 0.6) is 0 Å². The number of fused-ring (bicyclic) bond motifs is 5. The van der Waals surface area contributed by atoms with Gasteiger partial charge >= 0.3 is 12.1 Å². The van der Waals surface area contributed by atoms with Gasteiger partial charge in [0.1, 0.15) is 11.3 Å². The molecule has 3 heterocycles. The molecule has 0 N–H and O–H groups in total. The summed E-state index contributed by atoms with van der Waals surface area (Å²) in [7, 11) is 2.28. The second-order valence-electron chi connectivity index (χ2n) is 8.01. The average molecular weight is 487 g/mol. The van der Waals surface area contributed by atoms with Gasteiger partial charge in [0.25, 0.3) is 11.6 Å². The van der Waals surface area contributed by atoms with Crippen LogP contribution in [-0.2, 0) is 24.7 Å². The minimum atomic E-state index is -5.14. The smallest absolute Gasteiger partial charge is 0.432 e. The van der Waals surface area contributed by atoms with Gasteiger partial charge in [-0.3, -0.25) is 14.9 Å². The van der Waals surface area contributed by atoms with Crippen molar-refractivity contribution in [2.45, 2.75) is 18.0 Å². The van der Waals surface area contributed by atoms with E-state index in [-0.39, 0.29) is 28.2 Å². The fourth-order valence-corrected chi connectivity index (χ4v) is 4.79. The first-order valence-corrected chi connectivity index (χ1v) is 10.2.